The summed E-state index contributed by atoms with van der Waals surface area (Å²) in [5.41, 5.74) is 4.45. The lowest BCUT2D eigenvalue weighted by Crippen LogP contribution is -2.03. The zero-order valence-corrected chi connectivity index (χ0v) is 18.4. The molecule has 0 N–H and O–H groups in total. The lowest BCUT2D eigenvalue weighted by atomic mass is 9.98. The Morgan fingerprint density at radius 1 is 0.969 bits per heavy atom. The minimum Gasteiger partial charge on any atom is -0.465 e. The number of aromatic nitrogens is 1. The highest BCUT2D eigenvalue weighted by atomic mass is 16.5. The lowest BCUT2D eigenvalue weighted by molar-refractivity contribution is 0.105. The fourth-order valence-electron chi connectivity index (χ4n) is 3.34. The van der Waals surface area contributed by atoms with Crippen LogP contribution in [0.4, 0.5) is 0 Å². The summed E-state index contributed by atoms with van der Waals surface area (Å²) in [5.74, 6) is 1.24. The number of hydrogen-bond donors (Lipinski definition) is 0. The molecule has 4 aromatic rings. The first kappa shape index (κ1) is 21.3. The molecule has 0 radical (unpaired) electrons. The molecular weight excluding hydrogens is 398 g/mol. The van der Waals surface area contributed by atoms with Crippen LogP contribution in [0.25, 0.3) is 22.7 Å². The maximum absolute atomic E-state index is 13.5. The molecule has 0 bridgehead atoms. The van der Waals surface area contributed by atoms with Gasteiger partial charge < -0.3 is 9.15 Å². The Hall–Kier alpha value is -3.92. The Bertz CT molecular complexity index is 1240. The molecule has 4 nitrogen and oxygen atoms in total. The number of carbonyl (C=O) groups excluding carboxylic acids is 1. The van der Waals surface area contributed by atoms with Crippen molar-refractivity contribution in [3.63, 3.8) is 0 Å². The van der Waals surface area contributed by atoms with Crippen molar-refractivity contribution in [3.05, 3.63) is 108 Å². The van der Waals surface area contributed by atoms with E-state index in [4.69, 9.17) is 9.15 Å². The molecule has 0 amide bonds. The van der Waals surface area contributed by atoms with Gasteiger partial charge in [-0.05, 0) is 66.4 Å². The van der Waals surface area contributed by atoms with Crippen molar-refractivity contribution in [1.29, 1.82) is 0 Å². The van der Waals surface area contributed by atoms with Gasteiger partial charge in [0.1, 0.15) is 11.3 Å². The molecule has 0 aliphatic carbocycles. The largest absolute Gasteiger partial charge is 0.465 e. The number of para-hydroxylation sites is 2. The molecule has 3 aromatic carbocycles. The monoisotopic (exact) mass is 423 g/mol. The van der Waals surface area contributed by atoms with Gasteiger partial charge in [0.25, 0.3) is 0 Å². The van der Waals surface area contributed by atoms with Gasteiger partial charge in [-0.25, -0.2) is 4.98 Å². The number of ketones is 1. The first-order valence-corrected chi connectivity index (χ1v) is 10.7. The van der Waals surface area contributed by atoms with Crippen molar-refractivity contribution in [2.24, 2.45) is 0 Å². The van der Waals surface area contributed by atoms with Crippen molar-refractivity contribution in [2.75, 3.05) is 0 Å². The summed E-state index contributed by atoms with van der Waals surface area (Å²) < 4.78 is 11.4. The molecule has 160 valence electrons. The Balaban J connectivity index is 1.75. The molecule has 0 spiro atoms. The van der Waals surface area contributed by atoms with Crippen LogP contribution in [0, 0.1) is 0 Å². The number of rotatable bonds is 7. The van der Waals surface area contributed by atoms with E-state index in [1.165, 1.54) is 5.56 Å². The average molecular weight is 424 g/mol. The summed E-state index contributed by atoms with van der Waals surface area (Å²) in [4.78, 5) is 18.1. The van der Waals surface area contributed by atoms with Gasteiger partial charge in [0.2, 0.25) is 5.89 Å². The van der Waals surface area contributed by atoms with Gasteiger partial charge in [-0.1, -0.05) is 56.3 Å². The maximum atomic E-state index is 13.5. The van der Waals surface area contributed by atoms with E-state index in [1.807, 2.05) is 49.4 Å². The van der Waals surface area contributed by atoms with Crippen LogP contribution in [-0.2, 0) is 0 Å². The van der Waals surface area contributed by atoms with Crippen LogP contribution in [-0.4, -0.2) is 10.8 Å². The second kappa shape index (κ2) is 9.48. The van der Waals surface area contributed by atoms with Crippen molar-refractivity contribution < 1.29 is 13.9 Å². The zero-order valence-electron chi connectivity index (χ0n) is 18.4. The summed E-state index contributed by atoms with van der Waals surface area (Å²) in [6.45, 7) is 6.19. The predicted octanol–water partition coefficient (Wildman–Crippen LogP) is 7.29. The SMILES string of the molecule is C/C=C/Oc1ccc(C(=O)/C(=C\c2ccc(C(C)C)cc2)c2nc3ccccc3o2)cc1. The topological polar surface area (TPSA) is 52.3 Å². The third-order valence-corrected chi connectivity index (χ3v) is 5.14. The first-order valence-electron chi connectivity index (χ1n) is 10.7. The summed E-state index contributed by atoms with van der Waals surface area (Å²) in [5, 5.41) is 0. The highest BCUT2D eigenvalue weighted by Crippen LogP contribution is 2.27. The van der Waals surface area contributed by atoms with Gasteiger partial charge in [0.15, 0.2) is 11.4 Å². The molecule has 0 aliphatic heterocycles. The molecule has 0 saturated carbocycles. The summed E-state index contributed by atoms with van der Waals surface area (Å²) in [6.07, 6.45) is 5.24. The minimum absolute atomic E-state index is 0.165. The van der Waals surface area contributed by atoms with Crippen LogP contribution in [0.5, 0.6) is 5.75 Å². The fraction of sp³-hybridized carbons (Fsp3) is 0.143. The van der Waals surface area contributed by atoms with Crippen LogP contribution in [0.3, 0.4) is 0 Å². The molecule has 0 aliphatic rings. The maximum Gasteiger partial charge on any atom is 0.231 e. The van der Waals surface area contributed by atoms with E-state index < -0.39 is 0 Å². The molecule has 0 fully saturated rings. The molecule has 0 saturated heterocycles. The number of hydrogen-bond acceptors (Lipinski definition) is 4. The Morgan fingerprint density at radius 3 is 2.34 bits per heavy atom. The van der Waals surface area contributed by atoms with Gasteiger partial charge in [-0.15, -0.1) is 0 Å². The number of ether oxygens (including phenoxy) is 1. The van der Waals surface area contributed by atoms with Gasteiger partial charge in [0, 0.05) is 5.56 Å². The molecular formula is C28H25NO3. The number of Topliss-reactive ketones (excluding diaryl/α,β-unsaturated/α-hetero) is 1. The fourth-order valence-corrected chi connectivity index (χ4v) is 3.34. The standard InChI is InChI=1S/C28H25NO3/c1-4-17-31-23-15-13-22(14-16-23)27(30)24(18-20-9-11-21(12-10-20)19(2)3)28-29-25-7-5-6-8-26(25)32-28/h4-19H,1-3H3/b17-4+,24-18+. The Morgan fingerprint density at radius 2 is 1.69 bits per heavy atom. The van der Waals surface area contributed by atoms with Crippen LogP contribution in [0.1, 0.15) is 54.1 Å². The van der Waals surface area contributed by atoms with E-state index in [0.717, 1.165) is 5.56 Å². The molecule has 32 heavy (non-hydrogen) atoms. The van der Waals surface area contributed by atoms with E-state index in [9.17, 15) is 4.79 Å². The predicted molar refractivity (Wildman–Crippen MR) is 129 cm³/mol. The third-order valence-electron chi connectivity index (χ3n) is 5.14. The van der Waals surface area contributed by atoms with E-state index in [0.29, 0.717) is 39.8 Å². The zero-order chi connectivity index (χ0) is 22.5. The van der Waals surface area contributed by atoms with Crippen molar-refractivity contribution in [3.8, 4) is 5.75 Å². The highest BCUT2D eigenvalue weighted by Gasteiger charge is 2.20. The van der Waals surface area contributed by atoms with Crippen LogP contribution in [0.2, 0.25) is 0 Å². The average Bonchev–Trinajstić information content (AvgIpc) is 3.25. The number of nitrogens with zero attached hydrogens (tertiary/aromatic N) is 1. The van der Waals surface area contributed by atoms with Crippen LogP contribution >= 0.6 is 0 Å². The highest BCUT2D eigenvalue weighted by molar-refractivity contribution is 6.31. The molecule has 1 heterocycles. The Labute approximate surface area is 187 Å². The smallest absolute Gasteiger partial charge is 0.231 e. The number of allylic oxidation sites excluding steroid dienone is 2. The third kappa shape index (κ3) is 4.70. The number of fused-ring (bicyclic) bond motifs is 1. The van der Waals surface area contributed by atoms with E-state index in [1.54, 1.807) is 36.6 Å². The number of oxazole rings is 1. The molecule has 0 unspecified atom stereocenters. The van der Waals surface area contributed by atoms with Crippen LogP contribution in [0.15, 0.2) is 89.6 Å². The summed E-state index contributed by atoms with van der Waals surface area (Å²) >= 11 is 0. The summed E-state index contributed by atoms with van der Waals surface area (Å²) in [6, 6.07) is 22.7. The second-order valence-corrected chi connectivity index (χ2v) is 7.81. The van der Waals surface area contributed by atoms with Gasteiger partial charge in [-0.3, -0.25) is 4.79 Å². The van der Waals surface area contributed by atoms with Crippen LogP contribution < -0.4 is 4.74 Å². The van der Waals surface area contributed by atoms with Gasteiger partial charge >= 0.3 is 0 Å². The number of carbonyl (C=O) groups is 1. The second-order valence-electron chi connectivity index (χ2n) is 7.81. The number of benzene rings is 3. The first-order chi connectivity index (χ1) is 15.5. The summed E-state index contributed by atoms with van der Waals surface area (Å²) in [7, 11) is 0. The molecule has 1 aromatic heterocycles. The van der Waals surface area contributed by atoms with E-state index in [2.05, 4.69) is 31.0 Å². The normalized spacial score (nSPS) is 12.1. The molecule has 4 rings (SSSR count). The minimum atomic E-state index is -0.165. The van der Waals surface area contributed by atoms with Crippen molar-refractivity contribution in [1.82, 2.24) is 4.98 Å². The van der Waals surface area contributed by atoms with Gasteiger partial charge in [0.05, 0.1) is 11.8 Å². The van der Waals surface area contributed by atoms with Crippen molar-refractivity contribution in [2.45, 2.75) is 26.7 Å². The van der Waals surface area contributed by atoms with Gasteiger partial charge in [-0.2, -0.15) is 0 Å². The molecule has 4 heteroatoms. The lowest BCUT2D eigenvalue weighted by Gasteiger charge is -2.07. The quantitative estimate of drug-likeness (QED) is 0.178. The van der Waals surface area contributed by atoms with E-state index >= 15 is 0 Å². The van der Waals surface area contributed by atoms with E-state index in [-0.39, 0.29) is 5.78 Å². The Kier molecular flexibility index (Phi) is 6.31. The molecule has 0 atom stereocenters. The van der Waals surface area contributed by atoms with Crippen molar-refractivity contribution >= 4 is 28.5 Å².